The monoisotopic (exact) mass is 398 g/mol. The van der Waals surface area contributed by atoms with Gasteiger partial charge in [-0.05, 0) is 0 Å². The van der Waals surface area contributed by atoms with E-state index in [9.17, 15) is 0 Å². The number of hydrogen-bond acceptors (Lipinski definition) is 0. The molecule has 0 fully saturated rings. The number of aryl methyl sites for hydroxylation is 1. The second kappa shape index (κ2) is 13.9. The molecule has 0 aliphatic carbocycles. The van der Waals surface area contributed by atoms with Crippen LogP contribution in [0.1, 0.15) is 63.4 Å². The summed E-state index contributed by atoms with van der Waals surface area (Å²) in [5.74, 6) is 0. The summed E-state index contributed by atoms with van der Waals surface area (Å²) in [6.07, 6.45) is 14.2. The molecular weight excluding hydrogens is 357 g/mol. The van der Waals surface area contributed by atoms with Crippen LogP contribution < -0.4 is 0 Å². The minimum absolute atomic E-state index is 0.904. The third-order valence-corrected chi connectivity index (χ3v) is 6.89. The molecule has 0 heterocycles. The molecule has 0 spiro atoms. The minimum atomic E-state index is 0.904. The molecule has 0 saturated carbocycles. The number of unbranched alkanes of at least 4 members (excludes halogenated alkanes) is 7. The quantitative estimate of drug-likeness (QED) is 0.194. The topological polar surface area (TPSA) is 0 Å². The molecule has 0 unspecified atom stereocenters. The van der Waals surface area contributed by atoms with Gasteiger partial charge in [0.15, 0.2) is 0 Å². The molecule has 0 bridgehead atoms. The van der Waals surface area contributed by atoms with E-state index in [1.54, 1.807) is 0 Å². The predicted octanol–water partition coefficient (Wildman–Crippen LogP) is 5.99. The van der Waals surface area contributed by atoms with E-state index in [2.05, 4.69) is 51.5 Å². The Morgan fingerprint density at radius 3 is 1.83 bits per heavy atom. The molecule has 0 atom stereocenters. The predicted molar refractivity (Wildman–Crippen MR) is 110 cm³/mol. The summed E-state index contributed by atoms with van der Waals surface area (Å²) in [7, 11) is 6.89. The molecular formula is C22H40NSe+. The molecule has 0 aromatic heterocycles. The maximum absolute atomic E-state index is 2.30. The van der Waals surface area contributed by atoms with Crippen molar-refractivity contribution in [3.8, 4) is 0 Å². The molecule has 138 valence electrons. The summed E-state index contributed by atoms with van der Waals surface area (Å²) in [4.78, 5) is 0. The van der Waals surface area contributed by atoms with Crippen molar-refractivity contribution in [2.75, 3.05) is 27.7 Å². The van der Waals surface area contributed by atoms with E-state index in [0.29, 0.717) is 0 Å². The van der Waals surface area contributed by atoms with Gasteiger partial charge in [-0.2, -0.15) is 0 Å². The van der Waals surface area contributed by atoms with Crippen LogP contribution in [0.5, 0.6) is 0 Å². The van der Waals surface area contributed by atoms with Gasteiger partial charge in [0.25, 0.3) is 0 Å². The van der Waals surface area contributed by atoms with Crippen LogP contribution in [0.4, 0.5) is 0 Å². The Morgan fingerprint density at radius 1 is 0.667 bits per heavy atom. The van der Waals surface area contributed by atoms with E-state index in [4.69, 9.17) is 0 Å². The Labute approximate surface area is 158 Å². The van der Waals surface area contributed by atoms with Crippen molar-refractivity contribution in [3.63, 3.8) is 0 Å². The van der Waals surface area contributed by atoms with E-state index in [0.717, 1.165) is 19.4 Å². The van der Waals surface area contributed by atoms with Crippen LogP contribution in [0, 0.1) is 0 Å². The molecule has 0 N–H and O–H groups in total. The zero-order valence-electron chi connectivity index (χ0n) is 16.4. The molecule has 1 aromatic carbocycles. The van der Waals surface area contributed by atoms with Gasteiger partial charge in [-0.15, -0.1) is 0 Å². The zero-order valence-corrected chi connectivity index (χ0v) is 18.1. The van der Waals surface area contributed by atoms with E-state index >= 15 is 0 Å². The molecule has 0 radical (unpaired) electrons. The van der Waals surface area contributed by atoms with Gasteiger partial charge in [-0.1, -0.05) is 0 Å². The van der Waals surface area contributed by atoms with E-state index < -0.39 is 0 Å². The molecule has 0 amide bonds. The first-order chi connectivity index (χ1) is 11.6. The van der Waals surface area contributed by atoms with Crippen LogP contribution >= 0.6 is 0 Å². The molecule has 1 nitrogen and oxygen atoms in total. The first-order valence-electron chi connectivity index (χ1n) is 10.00. The Morgan fingerprint density at radius 2 is 1.21 bits per heavy atom. The Kier molecular flexibility index (Phi) is 12.6. The third-order valence-electron chi connectivity index (χ3n) is 4.46. The van der Waals surface area contributed by atoms with Crippen molar-refractivity contribution in [2.45, 2.75) is 74.8 Å². The second-order valence-corrected chi connectivity index (χ2v) is 10.6. The summed E-state index contributed by atoms with van der Waals surface area (Å²) < 4.78 is 1.12. The van der Waals surface area contributed by atoms with Crippen LogP contribution in [0.2, 0.25) is 10.6 Å². The molecule has 2 heteroatoms. The molecule has 0 saturated heterocycles. The normalized spacial score (nSPS) is 11.8. The van der Waals surface area contributed by atoms with Crippen molar-refractivity contribution < 1.29 is 4.48 Å². The van der Waals surface area contributed by atoms with Crippen molar-refractivity contribution in [1.29, 1.82) is 0 Å². The number of benzene rings is 1. The average molecular weight is 398 g/mol. The van der Waals surface area contributed by atoms with Crippen molar-refractivity contribution in [3.05, 3.63) is 35.9 Å². The summed E-state index contributed by atoms with van der Waals surface area (Å²) in [6.45, 7) is 1.33. The fourth-order valence-corrected chi connectivity index (χ4v) is 5.10. The second-order valence-electron chi connectivity index (χ2n) is 8.04. The fourth-order valence-electron chi connectivity index (χ4n) is 2.95. The van der Waals surface area contributed by atoms with Gasteiger partial charge in [0.2, 0.25) is 0 Å². The molecule has 0 aliphatic heterocycles. The Balaban J connectivity index is 1.75. The number of nitrogens with zero attached hydrogens (tertiary/aromatic N) is 1. The third kappa shape index (κ3) is 14.1. The summed E-state index contributed by atoms with van der Waals surface area (Å²) in [6, 6.07) is 10.9. The van der Waals surface area contributed by atoms with Gasteiger partial charge < -0.3 is 0 Å². The summed E-state index contributed by atoms with van der Waals surface area (Å²) in [5.41, 5.74) is 1.51. The first kappa shape index (κ1) is 21.7. The zero-order chi connectivity index (χ0) is 17.5. The van der Waals surface area contributed by atoms with Crippen molar-refractivity contribution >= 4 is 15.0 Å². The fraction of sp³-hybridized carbons (Fsp3) is 0.727. The van der Waals surface area contributed by atoms with Gasteiger partial charge >= 0.3 is 158 Å². The van der Waals surface area contributed by atoms with Crippen LogP contribution in [0.25, 0.3) is 0 Å². The molecule has 0 aliphatic rings. The van der Waals surface area contributed by atoms with Gasteiger partial charge in [0.05, 0.1) is 0 Å². The van der Waals surface area contributed by atoms with Crippen LogP contribution in [-0.4, -0.2) is 47.1 Å². The molecule has 24 heavy (non-hydrogen) atoms. The van der Waals surface area contributed by atoms with Crippen LogP contribution in [0.3, 0.4) is 0 Å². The average Bonchev–Trinajstić information content (AvgIpc) is 2.55. The van der Waals surface area contributed by atoms with E-state index in [1.165, 1.54) is 87.0 Å². The first-order valence-corrected chi connectivity index (χ1v) is 12.4. The number of hydrogen-bond donors (Lipinski definition) is 0. The molecule has 1 rings (SSSR count). The number of quaternary nitrogens is 1. The van der Waals surface area contributed by atoms with Crippen molar-refractivity contribution in [2.24, 2.45) is 0 Å². The van der Waals surface area contributed by atoms with Gasteiger partial charge in [-0.25, -0.2) is 0 Å². The standard InChI is InChI=1S/C22H40NSe/c1-23(2,3)19-13-7-5-4-6-8-14-20-24-21-15-12-18-22-16-10-9-11-17-22/h9-11,16-17H,4-8,12-15,18-21H2,1-3H3/q+1. The van der Waals surface area contributed by atoms with E-state index in [-0.39, 0.29) is 0 Å². The SMILES string of the molecule is C[N+](C)(C)CCCCCCCCC[Se]CCCCc1ccccc1. The summed E-state index contributed by atoms with van der Waals surface area (Å²) in [5, 5.41) is 3.00. The van der Waals surface area contributed by atoms with Gasteiger partial charge in [0.1, 0.15) is 0 Å². The van der Waals surface area contributed by atoms with Crippen LogP contribution in [-0.2, 0) is 6.42 Å². The van der Waals surface area contributed by atoms with Gasteiger partial charge in [0, 0.05) is 0 Å². The Bertz CT molecular complexity index is 383. The van der Waals surface area contributed by atoms with Gasteiger partial charge in [-0.3, -0.25) is 0 Å². The Hall–Kier alpha value is -0.301. The summed E-state index contributed by atoms with van der Waals surface area (Å²) >= 11 is 0.904. The maximum atomic E-state index is 2.30. The van der Waals surface area contributed by atoms with E-state index in [1.807, 2.05) is 0 Å². The van der Waals surface area contributed by atoms with Crippen molar-refractivity contribution in [1.82, 2.24) is 0 Å². The van der Waals surface area contributed by atoms with Crippen LogP contribution in [0.15, 0.2) is 30.3 Å². The number of rotatable bonds is 15. The molecule has 1 aromatic rings.